The van der Waals surface area contributed by atoms with Gasteiger partial charge in [-0.15, -0.1) is 11.3 Å². The van der Waals surface area contributed by atoms with Crippen LogP contribution in [0.25, 0.3) is 10.2 Å². The average molecular weight is 284 g/mol. The van der Waals surface area contributed by atoms with E-state index in [0.29, 0.717) is 22.4 Å². The Balaban J connectivity index is 2.06. The number of fused-ring (bicyclic) bond motifs is 1. The molecular formula is C15H9FN2OS. The fourth-order valence-electron chi connectivity index (χ4n) is 2.09. The van der Waals surface area contributed by atoms with E-state index < -0.39 is 5.82 Å². The first-order valence-corrected chi connectivity index (χ1v) is 6.82. The van der Waals surface area contributed by atoms with Gasteiger partial charge in [0, 0.05) is 17.8 Å². The van der Waals surface area contributed by atoms with Gasteiger partial charge < -0.3 is 4.57 Å². The molecule has 0 atom stereocenters. The molecule has 0 aliphatic heterocycles. The zero-order chi connectivity index (χ0) is 14.1. The molecule has 98 valence electrons. The van der Waals surface area contributed by atoms with E-state index in [1.807, 2.05) is 22.1 Å². The normalized spacial score (nSPS) is 10.6. The zero-order valence-corrected chi connectivity index (χ0v) is 11.2. The van der Waals surface area contributed by atoms with E-state index in [1.165, 1.54) is 23.5 Å². The molecule has 1 aromatic carbocycles. The SMILES string of the molecule is N#Cc1ccc(Cn2ccc(=O)c3sccc32)c(F)c1. The summed E-state index contributed by atoms with van der Waals surface area (Å²) in [7, 11) is 0. The Morgan fingerprint density at radius 1 is 1.30 bits per heavy atom. The molecule has 3 aromatic rings. The molecule has 0 amide bonds. The van der Waals surface area contributed by atoms with Crippen LogP contribution in [0.2, 0.25) is 0 Å². The van der Waals surface area contributed by atoms with Crippen LogP contribution in [-0.2, 0) is 6.54 Å². The summed E-state index contributed by atoms with van der Waals surface area (Å²) in [6, 6.07) is 9.66. The van der Waals surface area contributed by atoms with E-state index in [-0.39, 0.29) is 5.43 Å². The van der Waals surface area contributed by atoms with Crippen LogP contribution in [0.1, 0.15) is 11.1 Å². The number of benzene rings is 1. The molecule has 0 radical (unpaired) electrons. The lowest BCUT2D eigenvalue weighted by atomic mass is 10.1. The van der Waals surface area contributed by atoms with Crippen molar-refractivity contribution >= 4 is 21.6 Å². The first-order chi connectivity index (χ1) is 9.69. The molecule has 20 heavy (non-hydrogen) atoms. The summed E-state index contributed by atoms with van der Waals surface area (Å²) < 4.78 is 16.4. The molecule has 3 nitrogen and oxygen atoms in total. The third-order valence-electron chi connectivity index (χ3n) is 3.11. The van der Waals surface area contributed by atoms with E-state index in [1.54, 1.807) is 18.3 Å². The van der Waals surface area contributed by atoms with Gasteiger partial charge in [-0.05, 0) is 23.6 Å². The summed E-state index contributed by atoms with van der Waals surface area (Å²) in [5, 5.41) is 10.6. The lowest BCUT2D eigenvalue weighted by molar-refractivity contribution is 0.601. The van der Waals surface area contributed by atoms with Crippen LogP contribution in [0.4, 0.5) is 4.39 Å². The van der Waals surface area contributed by atoms with Crippen molar-refractivity contribution in [2.45, 2.75) is 6.54 Å². The van der Waals surface area contributed by atoms with Gasteiger partial charge in [0.1, 0.15) is 5.82 Å². The van der Waals surface area contributed by atoms with Crippen molar-refractivity contribution in [1.29, 1.82) is 5.26 Å². The van der Waals surface area contributed by atoms with Crippen LogP contribution in [0.15, 0.2) is 46.7 Å². The summed E-state index contributed by atoms with van der Waals surface area (Å²) >= 11 is 1.38. The molecule has 0 unspecified atom stereocenters. The molecule has 0 fully saturated rings. The average Bonchev–Trinajstić information content (AvgIpc) is 2.94. The lowest BCUT2D eigenvalue weighted by Gasteiger charge is -2.09. The maximum absolute atomic E-state index is 13.9. The molecule has 0 saturated carbocycles. The molecule has 0 aliphatic rings. The molecule has 5 heteroatoms. The molecule has 0 spiro atoms. The van der Waals surface area contributed by atoms with E-state index in [0.717, 1.165) is 5.52 Å². The van der Waals surface area contributed by atoms with Crippen LogP contribution in [0, 0.1) is 17.1 Å². The third-order valence-corrected chi connectivity index (χ3v) is 4.02. The highest BCUT2D eigenvalue weighted by atomic mass is 32.1. The summed E-state index contributed by atoms with van der Waals surface area (Å²) in [6.45, 7) is 0.324. The van der Waals surface area contributed by atoms with Gasteiger partial charge in [-0.25, -0.2) is 4.39 Å². The van der Waals surface area contributed by atoms with Gasteiger partial charge in [-0.1, -0.05) is 6.07 Å². The van der Waals surface area contributed by atoms with Crippen molar-refractivity contribution in [2.75, 3.05) is 0 Å². The zero-order valence-electron chi connectivity index (χ0n) is 10.3. The molecule has 0 saturated heterocycles. The van der Waals surface area contributed by atoms with Gasteiger partial charge in [0.05, 0.1) is 28.4 Å². The number of aromatic nitrogens is 1. The molecule has 0 bridgehead atoms. The second kappa shape index (κ2) is 4.91. The highest BCUT2D eigenvalue weighted by Gasteiger charge is 2.08. The number of pyridine rings is 1. The summed E-state index contributed by atoms with van der Waals surface area (Å²) in [4.78, 5) is 11.7. The topological polar surface area (TPSA) is 45.8 Å². The fraction of sp³-hybridized carbons (Fsp3) is 0.0667. The maximum Gasteiger partial charge on any atom is 0.199 e. The van der Waals surface area contributed by atoms with Crippen LogP contribution in [0.5, 0.6) is 0 Å². The Morgan fingerprint density at radius 2 is 2.15 bits per heavy atom. The summed E-state index contributed by atoms with van der Waals surface area (Å²) in [5.74, 6) is -0.411. The Bertz CT molecular complexity index is 889. The van der Waals surface area contributed by atoms with Gasteiger partial charge in [0.15, 0.2) is 5.43 Å². The van der Waals surface area contributed by atoms with Gasteiger partial charge >= 0.3 is 0 Å². The van der Waals surface area contributed by atoms with Crippen molar-refractivity contribution in [2.24, 2.45) is 0 Å². The number of rotatable bonds is 2. The first kappa shape index (κ1) is 12.6. The largest absolute Gasteiger partial charge is 0.342 e. The molecule has 0 N–H and O–H groups in total. The fourth-order valence-corrected chi connectivity index (χ4v) is 2.92. The highest BCUT2D eigenvalue weighted by Crippen LogP contribution is 2.19. The summed E-state index contributed by atoms with van der Waals surface area (Å²) in [5.41, 5.74) is 1.56. The van der Waals surface area contributed by atoms with Crippen LogP contribution >= 0.6 is 11.3 Å². The minimum absolute atomic E-state index is 0.0217. The van der Waals surface area contributed by atoms with Crippen LogP contribution in [0.3, 0.4) is 0 Å². The van der Waals surface area contributed by atoms with E-state index in [9.17, 15) is 9.18 Å². The Morgan fingerprint density at radius 3 is 2.90 bits per heavy atom. The molecule has 2 aromatic heterocycles. The number of hydrogen-bond acceptors (Lipinski definition) is 3. The highest BCUT2D eigenvalue weighted by molar-refractivity contribution is 7.17. The minimum atomic E-state index is -0.411. The second-order valence-electron chi connectivity index (χ2n) is 4.36. The predicted octanol–water partition coefficient (Wildman–Crippen LogP) is 3.12. The van der Waals surface area contributed by atoms with Gasteiger partial charge in [-0.2, -0.15) is 5.26 Å². The van der Waals surface area contributed by atoms with Crippen molar-refractivity contribution < 1.29 is 4.39 Å². The minimum Gasteiger partial charge on any atom is -0.342 e. The molecule has 0 aliphatic carbocycles. The molecule has 2 heterocycles. The number of hydrogen-bond donors (Lipinski definition) is 0. The van der Waals surface area contributed by atoms with E-state index in [4.69, 9.17) is 5.26 Å². The quantitative estimate of drug-likeness (QED) is 0.726. The van der Waals surface area contributed by atoms with Crippen LogP contribution in [-0.4, -0.2) is 4.57 Å². The third kappa shape index (κ3) is 2.10. The van der Waals surface area contributed by atoms with Crippen LogP contribution < -0.4 is 5.43 Å². The lowest BCUT2D eigenvalue weighted by Crippen LogP contribution is -2.08. The van der Waals surface area contributed by atoms with Crippen molar-refractivity contribution in [3.05, 3.63) is 69.1 Å². The number of nitriles is 1. The van der Waals surface area contributed by atoms with Crippen molar-refractivity contribution in [3.8, 4) is 6.07 Å². The van der Waals surface area contributed by atoms with Gasteiger partial charge in [0.25, 0.3) is 0 Å². The number of nitrogens with zero attached hydrogens (tertiary/aromatic N) is 2. The summed E-state index contributed by atoms with van der Waals surface area (Å²) in [6.07, 6.45) is 1.66. The maximum atomic E-state index is 13.9. The first-order valence-electron chi connectivity index (χ1n) is 5.94. The monoisotopic (exact) mass is 284 g/mol. The Labute approximate surface area is 118 Å². The Kier molecular flexibility index (Phi) is 3.09. The molecule has 3 rings (SSSR count). The van der Waals surface area contributed by atoms with E-state index in [2.05, 4.69) is 0 Å². The van der Waals surface area contributed by atoms with Gasteiger partial charge in [0.2, 0.25) is 0 Å². The standard InChI is InChI=1S/C15H9FN2OS/c16-12-7-10(8-17)1-2-11(12)9-18-5-3-14(19)15-13(18)4-6-20-15/h1-7H,9H2. The van der Waals surface area contributed by atoms with E-state index >= 15 is 0 Å². The number of halogens is 1. The number of thiophene rings is 1. The predicted molar refractivity (Wildman–Crippen MR) is 76.3 cm³/mol. The smallest absolute Gasteiger partial charge is 0.199 e. The van der Waals surface area contributed by atoms with Crippen molar-refractivity contribution in [3.63, 3.8) is 0 Å². The molecular weight excluding hydrogens is 275 g/mol. The Hall–Kier alpha value is -2.45. The second-order valence-corrected chi connectivity index (χ2v) is 5.28. The van der Waals surface area contributed by atoms with Crippen molar-refractivity contribution in [1.82, 2.24) is 4.57 Å². The van der Waals surface area contributed by atoms with Gasteiger partial charge in [-0.3, -0.25) is 4.79 Å².